The van der Waals surface area contributed by atoms with Gasteiger partial charge in [0.05, 0.1) is 18.8 Å². The number of aromatic nitrogens is 5. The molecule has 0 spiro atoms. The molecule has 0 fully saturated rings. The molecule has 0 atom stereocenters. The monoisotopic (exact) mass is 364 g/mol. The van der Waals surface area contributed by atoms with Gasteiger partial charge in [0.15, 0.2) is 5.82 Å². The smallest absolute Gasteiger partial charge is 0.251 e. The molecule has 3 aromatic rings. The summed E-state index contributed by atoms with van der Waals surface area (Å²) < 4.78 is 4.08. The van der Waals surface area contributed by atoms with Gasteiger partial charge in [-0.1, -0.05) is 12.1 Å². The first-order valence-electron chi connectivity index (χ1n) is 9.39. The zero-order chi connectivity index (χ0) is 18.8. The van der Waals surface area contributed by atoms with Crippen molar-refractivity contribution < 1.29 is 4.79 Å². The van der Waals surface area contributed by atoms with E-state index in [-0.39, 0.29) is 5.91 Å². The molecule has 3 heterocycles. The summed E-state index contributed by atoms with van der Waals surface area (Å²) in [5, 5.41) is 15.9. The number of rotatable bonds is 5. The van der Waals surface area contributed by atoms with Crippen LogP contribution in [0.2, 0.25) is 0 Å². The van der Waals surface area contributed by atoms with E-state index in [1.54, 1.807) is 0 Å². The van der Waals surface area contributed by atoms with Crippen LogP contribution >= 0.6 is 0 Å². The Morgan fingerprint density at radius 2 is 2.07 bits per heavy atom. The Morgan fingerprint density at radius 3 is 2.89 bits per heavy atom. The minimum Gasteiger partial charge on any atom is -0.345 e. The van der Waals surface area contributed by atoms with Crippen molar-refractivity contribution in [2.24, 2.45) is 0 Å². The number of nitrogens with one attached hydrogen (secondary N) is 1. The topological polar surface area (TPSA) is 77.6 Å². The van der Waals surface area contributed by atoms with Crippen molar-refractivity contribution in [3.63, 3.8) is 0 Å². The number of hydrogen-bond donors (Lipinski definition) is 1. The van der Waals surface area contributed by atoms with Crippen molar-refractivity contribution in [1.29, 1.82) is 0 Å². The molecular formula is C20H24N6O. The molecule has 0 saturated carbocycles. The van der Waals surface area contributed by atoms with E-state index >= 15 is 0 Å². The predicted octanol–water partition coefficient (Wildman–Crippen LogP) is 2.41. The fourth-order valence-corrected chi connectivity index (χ4v) is 3.58. The van der Waals surface area contributed by atoms with Gasteiger partial charge in [-0.25, -0.2) is 0 Å². The molecule has 0 saturated heterocycles. The van der Waals surface area contributed by atoms with E-state index in [0.29, 0.717) is 18.7 Å². The highest BCUT2D eigenvalue weighted by Crippen LogP contribution is 2.14. The summed E-state index contributed by atoms with van der Waals surface area (Å²) >= 11 is 0. The Balaban J connectivity index is 1.43. The van der Waals surface area contributed by atoms with Crippen LogP contribution < -0.4 is 5.32 Å². The lowest BCUT2D eigenvalue weighted by Gasteiger charge is -2.15. The first kappa shape index (κ1) is 17.5. The molecule has 1 aromatic carbocycles. The minimum absolute atomic E-state index is 0.0987. The highest BCUT2D eigenvalue weighted by molar-refractivity contribution is 5.94. The van der Waals surface area contributed by atoms with Gasteiger partial charge in [0.25, 0.3) is 5.91 Å². The number of fused-ring (bicyclic) bond motifs is 1. The number of nitrogens with zero attached hydrogens (tertiary/aromatic N) is 5. The van der Waals surface area contributed by atoms with Gasteiger partial charge in [0.2, 0.25) is 0 Å². The molecule has 1 amide bonds. The van der Waals surface area contributed by atoms with E-state index in [2.05, 4.69) is 31.2 Å². The first-order chi connectivity index (χ1) is 13.1. The third-order valence-electron chi connectivity index (χ3n) is 4.97. The van der Waals surface area contributed by atoms with Crippen LogP contribution in [0, 0.1) is 13.8 Å². The molecule has 2 aromatic heterocycles. The van der Waals surface area contributed by atoms with E-state index in [9.17, 15) is 4.79 Å². The van der Waals surface area contributed by atoms with Gasteiger partial charge in [0, 0.05) is 24.2 Å². The van der Waals surface area contributed by atoms with Crippen molar-refractivity contribution in [2.45, 2.75) is 52.7 Å². The number of hydrogen-bond acceptors (Lipinski definition) is 4. The SMILES string of the molecule is Cc1cc(C)n(Cc2cccc(C(=O)NCc3nnc4n3CCCC4)c2)n1. The van der Waals surface area contributed by atoms with Crippen molar-refractivity contribution in [2.75, 3.05) is 0 Å². The predicted molar refractivity (Wildman–Crippen MR) is 101 cm³/mol. The summed E-state index contributed by atoms with van der Waals surface area (Å²) in [6.07, 6.45) is 3.27. The van der Waals surface area contributed by atoms with Crippen LogP contribution in [0.5, 0.6) is 0 Å². The lowest BCUT2D eigenvalue weighted by atomic mass is 10.1. The maximum atomic E-state index is 12.6. The molecule has 4 rings (SSSR count). The maximum Gasteiger partial charge on any atom is 0.251 e. The van der Waals surface area contributed by atoms with Crippen LogP contribution in [0.3, 0.4) is 0 Å². The standard InChI is InChI=1S/C20H24N6O/c1-14-10-15(2)26(24-14)13-16-6-5-7-17(11-16)20(27)21-12-19-23-22-18-8-3-4-9-25(18)19/h5-7,10-11H,3-4,8-9,12-13H2,1-2H3,(H,21,27). The van der Waals surface area contributed by atoms with Gasteiger partial charge < -0.3 is 9.88 Å². The molecule has 1 aliphatic heterocycles. The molecule has 7 heteroatoms. The Morgan fingerprint density at radius 1 is 1.19 bits per heavy atom. The van der Waals surface area contributed by atoms with Crippen LogP contribution in [-0.4, -0.2) is 30.5 Å². The molecule has 1 N–H and O–H groups in total. The molecule has 140 valence electrons. The molecule has 0 bridgehead atoms. The van der Waals surface area contributed by atoms with E-state index < -0.39 is 0 Å². The molecule has 0 unspecified atom stereocenters. The zero-order valence-electron chi connectivity index (χ0n) is 15.8. The second-order valence-corrected chi connectivity index (χ2v) is 7.11. The number of aryl methyl sites for hydroxylation is 3. The number of carbonyl (C=O) groups excluding carboxylic acids is 1. The maximum absolute atomic E-state index is 12.6. The van der Waals surface area contributed by atoms with Gasteiger partial charge in [-0.15, -0.1) is 10.2 Å². The van der Waals surface area contributed by atoms with Crippen LogP contribution in [0.4, 0.5) is 0 Å². The summed E-state index contributed by atoms with van der Waals surface area (Å²) in [5.41, 5.74) is 3.80. The van der Waals surface area contributed by atoms with Crippen LogP contribution in [-0.2, 0) is 26.1 Å². The zero-order valence-corrected chi connectivity index (χ0v) is 15.8. The summed E-state index contributed by atoms with van der Waals surface area (Å²) in [4.78, 5) is 12.6. The molecule has 7 nitrogen and oxygen atoms in total. The lowest BCUT2D eigenvalue weighted by molar-refractivity contribution is 0.0949. The first-order valence-corrected chi connectivity index (χ1v) is 9.39. The third kappa shape index (κ3) is 3.77. The third-order valence-corrected chi connectivity index (χ3v) is 4.97. The van der Waals surface area contributed by atoms with Gasteiger partial charge in [-0.3, -0.25) is 9.48 Å². The average molecular weight is 364 g/mol. The highest BCUT2D eigenvalue weighted by Gasteiger charge is 2.16. The summed E-state index contributed by atoms with van der Waals surface area (Å²) in [6.45, 7) is 6.00. The van der Waals surface area contributed by atoms with Crippen molar-refractivity contribution >= 4 is 5.91 Å². The normalized spacial score (nSPS) is 13.4. The Labute approximate surface area is 158 Å². The van der Waals surface area contributed by atoms with E-state index in [1.165, 1.54) is 0 Å². The Hall–Kier alpha value is -2.96. The van der Waals surface area contributed by atoms with Crippen molar-refractivity contribution in [1.82, 2.24) is 29.9 Å². The quantitative estimate of drug-likeness (QED) is 0.754. The summed E-state index contributed by atoms with van der Waals surface area (Å²) in [6, 6.07) is 9.73. The summed E-state index contributed by atoms with van der Waals surface area (Å²) in [7, 11) is 0. The van der Waals surface area contributed by atoms with E-state index in [0.717, 1.165) is 54.4 Å². The second-order valence-electron chi connectivity index (χ2n) is 7.11. The Bertz CT molecular complexity index is 971. The fourth-order valence-electron chi connectivity index (χ4n) is 3.58. The van der Waals surface area contributed by atoms with Crippen LogP contribution in [0.1, 0.15) is 51.8 Å². The highest BCUT2D eigenvalue weighted by atomic mass is 16.1. The van der Waals surface area contributed by atoms with Gasteiger partial charge in [-0.05, 0) is 50.5 Å². The fraction of sp³-hybridized carbons (Fsp3) is 0.400. The number of amides is 1. The van der Waals surface area contributed by atoms with E-state index in [4.69, 9.17) is 0 Å². The van der Waals surface area contributed by atoms with Gasteiger partial charge in [-0.2, -0.15) is 5.10 Å². The van der Waals surface area contributed by atoms with Crippen molar-refractivity contribution in [3.05, 3.63) is 64.5 Å². The lowest BCUT2D eigenvalue weighted by Crippen LogP contribution is -2.25. The van der Waals surface area contributed by atoms with E-state index in [1.807, 2.05) is 42.8 Å². The number of carbonyl (C=O) groups is 1. The average Bonchev–Trinajstić information content (AvgIpc) is 3.22. The second kappa shape index (κ2) is 7.34. The van der Waals surface area contributed by atoms with Crippen LogP contribution in [0.25, 0.3) is 0 Å². The van der Waals surface area contributed by atoms with Gasteiger partial charge in [0.1, 0.15) is 5.82 Å². The largest absolute Gasteiger partial charge is 0.345 e. The molecular weight excluding hydrogens is 340 g/mol. The number of benzene rings is 1. The molecule has 0 radical (unpaired) electrons. The minimum atomic E-state index is -0.0987. The Kier molecular flexibility index (Phi) is 4.75. The molecule has 1 aliphatic rings. The molecule has 27 heavy (non-hydrogen) atoms. The van der Waals surface area contributed by atoms with Crippen molar-refractivity contribution in [3.8, 4) is 0 Å². The van der Waals surface area contributed by atoms with Crippen LogP contribution in [0.15, 0.2) is 30.3 Å². The van der Waals surface area contributed by atoms with Gasteiger partial charge >= 0.3 is 0 Å². The summed E-state index contributed by atoms with van der Waals surface area (Å²) in [5.74, 6) is 1.76. The molecule has 0 aliphatic carbocycles.